The van der Waals surface area contributed by atoms with Gasteiger partial charge in [0, 0.05) is 19.0 Å². The fourth-order valence-corrected chi connectivity index (χ4v) is 1.42. The minimum atomic E-state index is -0.385. The largest absolute Gasteiger partial charge is 0.457 e. The molecule has 2 heterocycles. The molecule has 0 bridgehead atoms. The summed E-state index contributed by atoms with van der Waals surface area (Å²) in [4.78, 5) is 19.1. The molecule has 1 aromatic rings. The second-order valence-corrected chi connectivity index (χ2v) is 3.31. The Labute approximate surface area is 87.4 Å². The van der Waals surface area contributed by atoms with Crippen LogP contribution in [0.2, 0.25) is 0 Å². The third-order valence-corrected chi connectivity index (χ3v) is 2.23. The molecule has 0 amide bonds. The molecule has 1 aliphatic rings. The fraction of sp³-hybridized carbons (Fsp3) is 0.500. The van der Waals surface area contributed by atoms with Gasteiger partial charge >= 0.3 is 5.97 Å². The first-order chi connectivity index (χ1) is 7.36. The lowest BCUT2D eigenvalue weighted by atomic mass is 10.1. The molecule has 0 spiro atoms. The maximum absolute atomic E-state index is 11.6. The average molecular weight is 208 g/mol. The van der Waals surface area contributed by atoms with E-state index >= 15 is 0 Å². The lowest BCUT2D eigenvalue weighted by Crippen LogP contribution is -2.26. The molecule has 1 fully saturated rings. The van der Waals surface area contributed by atoms with Crippen molar-refractivity contribution < 1.29 is 14.3 Å². The van der Waals surface area contributed by atoms with Crippen LogP contribution in [0.1, 0.15) is 23.3 Å². The van der Waals surface area contributed by atoms with Gasteiger partial charge in [0.1, 0.15) is 12.4 Å². The first kappa shape index (κ1) is 10.0. The highest BCUT2D eigenvalue weighted by Gasteiger charge is 2.19. The van der Waals surface area contributed by atoms with Gasteiger partial charge in [0.15, 0.2) is 5.69 Å². The summed E-state index contributed by atoms with van der Waals surface area (Å²) in [5.41, 5.74) is 0.302. The van der Waals surface area contributed by atoms with E-state index in [1.54, 1.807) is 6.07 Å². The molecule has 0 atom stereocenters. The molecule has 15 heavy (non-hydrogen) atoms. The number of carbonyl (C=O) groups excluding carboxylic acids is 1. The number of esters is 1. The van der Waals surface area contributed by atoms with Gasteiger partial charge in [-0.2, -0.15) is 0 Å². The zero-order chi connectivity index (χ0) is 10.5. The molecular formula is C10H12N2O3. The van der Waals surface area contributed by atoms with Crippen molar-refractivity contribution in [1.82, 2.24) is 9.97 Å². The van der Waals surface area contributed by atoms with Crippen molar-refractivity contribution in [3.63, 3.8) is 0 Å². The molecular weight excluding hydrogens is 196 g/mol. The zero-order valence-electron chi connectivity index (χ0n) is 8.26. The van der Waals surface area contributed by atoms with Crippen LogP contribution >= 0.6 is 0 Å². The summed E-state index contributed by atoms with van der Waals surface area (Å²) in [6.45, 7) is 1.31. The molecule has 1 saturated heterocycles. The summed E-state index contributed by atoms with van der Waals surface area (Å²) in [5, 5.41) is 0. The van der Waals surface area contributed by atoms with Gasteiger partial charge in [-0.05, 0) is 6.07 Å². The van der Waals surface area contributed by atoms with Gasteiger partial charge in [0.05, 0.1) is 13.2 Å². The number of hydrogen-bond donors (Lipinski definition) is 0. The Balaban J connectivity index is 1.91. The summed E-state index contributed by atoms with van der Waals surface area (Å²) >= 11 is 0. The van der Waals surface area contributed by atoms with E-state index in [4.69, 9.17) is 9.47 Å². The summed E-state index contributed by atoms with van der Waals surface area (Å²) in [7, 11) is 0. The Morgan fingerprint density at radius 3 is 2.93 bits per heavy atom. The molecule has 2 rings (SSSR count). The van der Waals surface area contributed by atoms with Crippen LogP contribution in [0.15, 0.2) is 18.6 Å². The molecule has 0 radical (unpaired) electrons. The molecule has 0 N–H and O–H groups in total. The van der Waals surface area contributed by atoms with Gasteiger partial charge in [0.25, 0.3) is 0 Å². The van der Waals surface area contributed by atoms with Crippen molar-refractivity contribution in [2.24, 2.45) is 0 Å². The van der Waals surface area contributed by atoms with Crippen LogP contribution < -0.4 is 0 Å². The van der Waals surface area contributed by atoms with Crippen molar-refractivity contribution in [3.8, 4) is 0 Å². The lowest BCUT2D eigenvalue weighted by molar-refractivity contribution is -0.0163. The van der Waals surface area contributed by atoms with E-state index in [2.05, 4.69) is 9.97 Å². The summed E-state index contributed by atoms with van der Waals surface area (Å²) in [5.74, 6) is -0.385. The fourth-order valence-electron chi connectivity index (χ4n) is 1.42. The Hall–Kier alpha value is -1.49. The number of nitrogens with zero attached hydrogens (tertiary/aromatic N) is 2. The third kappa shape index (κ3) is 2.73. The van der Waals surface area contributed by atoms with E-state index in [-0.39, 0.29) is 12.1 Å². The maximum atomic E-state index is 11.6. The highest BCUT2D eigenvalue weighted by atomic mass is 16.6. The molecule has 80 valence electrons. The quantitative estimate of drug-likeness (QED) is 0.673. The first-order valence-electron chi connectivity index (χ1n) is 4.91. The molecule has 1 aliphatic heterocycles. The summed E-state index contributed by atoms with van der Waals surface area (Å²) in [6, 6.07) is 1.54. The van der Waals surface area contributed by atoms with Crippen LogP contribution in [0.25, 0.3) is 0 Å². The molecule has 1 aromatic heterocycles. The van der Waals surface area contributed by atoms with Crippen LogP contribution in [0.4, 0.5) is 0 Å². The van der Waals surface area contributed by atoms with Crippen molar-refractivity contribution >= 4 is 5.97 Å². The van der Waals surface area contributed by atoms with Gasteiger partial charge in [0.2, 0.25) is 0 Å². The van der Waals surface area contributed by atoms with Gasteiger partial charge in [-0.15, -0.1) is 0 Å². The SMILES string of the molecule is O=C(OC1CCOCC1)c1ccncn1. The number of carbonyl (C=O) groups is 1. The van der Waals surface area contributed by atoms with E-state index in [9.17, 15) is 4.79 Å². The smallest absolute Gasteiger partial charge is 0.357 e. The monoisotopic (exact) mass is 208 g/mol. The van der Waals surface area contributed by atoms with E-state index in [0.29, 0.717) is 18.9 Å². The second kappa shape index (κ2) is 4.84. The minimum Gasteiger partial charge on any atom is -0.457 e. The Morgan fingerprint density at radius 2 is 2.27 bits per heavy atom. The highest BCUT2D eigenvalue weighted by Crippen LogP contribution is 2.12. The van der Waals surface area contributed by atoms with Crippen molar-refractivity contribution in [2.75, 3.05) is 13.2 Å². The van der Waals surface area contributed by atoms with Crippen molar-refractivity contribution in [2.45, 2.75) is 18.9 Å². The Kier molecular flexibility index (Phi) is 3.24. The van der Waals surface area contributed by atoms with Gasteiger partial charge < -0.3 is 9.47 Å². The second-order valence-electron chi connectivity index (χ2n) is 3.31. The number of ether oxygens (including phenoxy) is 2. The first-order valence-corrected chi connectivity index (χ1v) is 4.91. The van der Waals surface area contributed by atoms with Crippen LogP contribution in [-0.4, -0.2) is 35.3 Å². The average Bonchev–Trinajstić information content (AvgIpc) is 2.31. The molecule has 0 aliphatic carbocycles. The predicted molar refractivity (Wildman–Crippen MR) is 51.3 cm³/mol. The topological polar surface area (TPSA) is 61.3 Å². The maximum Gasteiger partial charge on any atom is 0.357 e. The molecule has 0 unspecified atom stereocenters. The van der Waals surface area contributed by atoms with Crippen molar-refractivity contribution in [1.29, 1.82) is 0 Å². The van der Waals surface area contributed by atoms with Crippen molar-refractivity contribution in [3.05, 3.63) is 24.3 Å². The molecule has 5 nitrogen and oxygen atoms in total. The molecule has 0 aromatic carbocycles. The predicted octanol–water partition coefficient (Wildman–Crippen LogP) is 0.812. The summed E-state index contributed by atoms with van der Waals surface area (Å²) < 4.78 is 10.4. The number of hydrogen-bond acceptors (Lipinski definition) is 5. The van der Waals surface area contributed by atoms with Gasteiger partial charge in [-0.3, -0.25) is 0 Å². The normalized spacial score (nSPS) is 17.3. The van der Waals surface area contributed by atoms with E-state index < -0.39 is 0 Å². The molecule has 5 heteroatoms. The van der Waals surface area contributed by atoms with Gasteiger partial charge in [-0.1, -0.05) is 0 Å². The number of aromatic nitrogens is 2. The van der Waals surface area contributed by atoms with Crippen LogP contribution in [0, 0.1) is 0 Å². The Morgan fingerprint density at radius 1 is 1.47 bits per heavy atom. The minimum absolute atomic E-state index is 0.0405. The summed E-state index contributed by atoms with van der Waals surface area (Å²) in [6.07, 6.45) is 4.34. The third-order valence-electron chi connectivity index (χ3n) is 2.23. The molecule has 0 saturated carbocycles. The van der Waals surface area contributed by atoms with Crippen LogP contribution in [0.3, 0.4) is 0 Å². The van der Waals surface area contributed by atoms with Gasteiger partial charge in [-0.25, -0.2) is 14.8 Å². The van der Waals surface area contributed by atoms with E-state index in [1.165, 1.54) is 12.5 Å². The van der Waals surface area contributed by atoms with Crippen LogP contribution in [0.5, 0.6) is 0 Å². The Bertz CT molecular complexity index is 323. The highest BCUT2D eigenvalue weighted by molar-refractivity contribution is 5.87. The van der Waals surface area contributed by atoms with E-state index in [0.717, 1.165) is 12.8 Å². The van der Waals surface area contributed by atoms with E-state index in [1.807, 2.05) is 0 Å². The number of rotatable bonds is 2. The standard InChI is InChI=1S/C10H12N2O3/c13-10(9-1-4-11-7-12-9)15-8-2-5-14-6-3-8/h1,4,7-8H,2-3,5-6H2. The zero-order valence-corrected chi connectivity index (χ0v) is 8.26. The van der Waals surface area contributed by atoms with Crippen LogP contribution in [-0.2, 0) is 9.47 Å². The lowest BCUT2D eigenvalue weighted by Gasteiger charge is -2.21.